The van der Waals surface area contributed by atoms with Gasteiger partial charge in [-0.25, -0.2) is 0 Å². The number of carbonyl (C=O) groups is 1. The summed E-state index contributed by atoms with van der Waals surface area (Å²) in [6.07, 6.45) is 4.76. The number of nitrogens with zero attached hydrogens (tertiary/aromatic N) is 2. The molecule has 0 aromatic carbocycles. The highest BCUT2D eigenvalue weighted by Crippen LogP contribution is 2.34. The molecule has 2 saturated heterocycles. The first kappa shape index (κ1) is 10.9. The summed E-state index contributed by atoms with van der Waals surface area (Å²) in [5.74, 6) is -0.706. The summed E-state index contributed by atoms with van der Waals surface area (Å²) < 4.78 is 0. The van der Waals surface area contributed by atoms with E-state index in [1.807, 2.05) is 0 Å². The van der Waals surface area contributed by atoms with Crippen molar-refractivity contribution in [3.05, 3.63) is 0 Å². The maximum Gasteiger partial charge on any atom is 0.317 e. The second-order valence-corrected chi connectivity index (χ2v) is 4.83. The normalized spacial score (nSPS) is 33.7. The van der Waals surface area contributed by atoms with E-state index in [0.717, 1.165) is 32.5 Å². The Kier molecular flexibility index (Phi) is 2.98. The van der Waals surface area contributed by atoms with Crippen LogP contribution in [0.15, 0.2) is 0 Å². The van der Waals surface area contributed by atoms with Gasteiger partial charge in [-0.2, -0.15) is 0 Å². The molecule has 0 radical (unpaired) electrons. The molecule has 1 atom stereocenters. The van der Waals surface area contributed by atoms with Crippen molar-refractivity contribution in [1.82, 2.24) is 9.80 Å². The topological polar surface area (TPSA) is 43.8 Å². The minimum Gasteiger partial charge on any atom is -0.480 e. The van der Waals surface area contributed by atoms with Crippen molar-refractivity contribution in [1.29, 1.82) is 0 Å². The van der Waals surface area contributed by atoms with Gasteiger partial charge >= 0.3 is 5.97 Å². The minimum absolute atomic E-state index is 0.00882. The van der Waals surface area contributed by atoms with Crippen LogP contribution in [0.5, 0.6) is 0 Å². The Bertz CT molecular complexity index is 251. The monoisotopic (exact) mass is 212 g/mol. The molecule has 2 heterocycles. The summed E-state index contributed by atoms with van der Waals surface area (Å²) in [4.78, 5) is 15.4. The third kappa shape index (κ3) is 2.01. The fourth-order valence-electron chi connectivity index (χ4n) is 2.97. The molecule has 0 saturated carbocycles. The SMILES string of the molecule is CC1(N2CCCC2)CCCN1CC(=O)O. The van der Waals surface area contributed by atoms with Crippen molar-refractivity contribution < 1.29 is 9.90 Å². The predicted octanol–water partition coefficient (Wildman–Crippen LogP) is 0.979. The van der Waals surface area contributed by atoms with Gasteiger partial charge in [0.15, 0.2) is 0 Å². The third-order valence-corrected chi connectivity index (χ3v) is 3.87. The second kappa shape index (κ2) is 4.10. The number of rotatable bonds is 3. The Morgan fingerprint density at radius 1 is 1.27 bits per heavy atom. The van der Waals surface area contributed by atoms with Crippen LogP contribution in [0.1, 0.15) is 32.6 Å². The molecule has 86 valence electrons. The van der Waals surface area contributed by atoms with E-state index in [0.29, 0.717) is 0 Å². The van der Waals surface area contributed by atoms with Gasteiger partial charge in [-0.3, -0.25) is 14.6 Å². The molecular weight excluding hydrogens is 192 g/mol. The average Bonchev–Trinajstić information content (AvgIpc) is 2.76. The first-order valence-corrected chi connectivity index (χ1v) is 5.85. The average molecular weight is 212 g/mol. The van der Waals surface area contributed by atoms with Crippen molar-refractivity contribution in [3.63, 3.8) is 0 Å². The Morgan fingerprint density at radius 2 is 1.93 bits per heavy atom. The molecule has 0 aromatic heterocycles. The Morgan fingerprint density at radius 3 is 2.53 bits per heavy atom. The van der Waals surface area contributed by atoms with Gasteiger partial charge in [-0.1, -0.05) is 0 Å². The Labute approximate surface area is 90.9 Å². The van der Waals surface area contributed by atoms with Gasteiger partial charge in [0.2, 0.25) is 0 Å². The molecule has 4 nitrogen and oxygen atoms in total. The molecule has 2 fully saturated rings. The van der Waals surface area contributed by atoms with Gasteiger partial charge < -0.3 is 5.11 Å². The highest BCUT2D eigenvalue weighted by molar-refractivity contribution is 5.69. The Hall–Kier alpha value is -0.610. The third-order valence-electron chi connectivity index (χ3n) is 3.87. The van der Waals surface area contributed by atoms with Crippen LogP contribution in [0, 0.1) is 0 Å². The van der Waals surface area contributed by atoms with E-state index in [1.165, 1.54) is 12.8 Å². The van der Waals surface area contributed by atoms with Crippen LogP contribution in [-0.4, -0.2) is 52.7 Å². The van der Waals surface area contributed by atoms with Crippen LogP contribution in [0.3, 0.4) is 0 Å². The first-order valence-electron chi connectivity index (χ1n) is 5.85. The van der Waals surface area contributed by atoms with E-state index in [1.54, 1.807) is 0 Å². The van der Waals surface area contributed by atoms with E-state index in [2.05, 4.69) is 16.7 Å². The smallest absolute Gasteiger partial charge is 0.317 e. The summed E-state index contributed by atoms with van der Waals surface area (Å²) in [5, 5.41) is 8.89. The lowest BCUT2D eigenvalue weighted by atomic mass is 10.1. The lowest BCUT2D eigenvalue weighted by Crippen LogP contribution is -2.55. The van der Waals surface area contributed by atoms with Crippen molar-refractivity contribution in [2.75, 3.05) is 26.2 Å². The van der Waals surface area contributed by atoms with Crippen molar-refractivity contribution in [2.45, 2.75) is 38.3 Å². The summed E-state index contributed by atoms with van der Waals surface area (Å²) >= 11 is 0. The number of hydrogen-bond acceptors (Lipinski definition) is 3. The highest BCUT2D eigenvalue weighted by Gasteiger charge is 2.42. The van der Waals surface area contributed by atoms with E-state index < -0.39 is 5.97 Å². The van der Waals surface area contributed by atoms with Crippen LogP contribution in [0.25, 0.3) is 0 Å². The maximum atomic E-state index is 10.8. The predicted molar refractivity (Wildman–Crippen MR) is 57.7 cm³/mol. The van der Waals surface area contributed by atoms with Crippen LogP contribution in [0.4, 0.5) is 0 Å². The molecule has 0 spiro atoms. The number of carboxylic acid groups (broad SMARTS) is 1. The summed E-state index contributed by atoms with van der Waals surface area (Å²) in [6.45, 7) is 5.58. The molecule has 2 rings (SSSR count). The number of carboxylic acids is 1. The molecule has 0 bridgehead atoms. The van der Waals surface area contributed by atoms with E-state index in [9.17, 15) is 4.79 Å². The number of aliphatic carboxylic acids is 1. The molecule has 0 aliphatic carbocycles. The number of likely N-dealkylation sites (tertiary alicyclic amines) is 2. The molecule has 4 heteroatoms. The lowest BCUT2D eigenvalue weighted by Gasteiger charge is -2.42. The van der Waals surface area contributed by atoms with Gasteiger partial charge in [0.05, 0.1) is 12.2 Å². The zero-order valence-electron chi connectivity index (χ0n) is 9.41. The minimum atomic E-state index is -0.706. The molecule has 0 amide bonds. The molecule has 1 N–H and O–H groups in total. The zero-order chi connectivity index (χ0) is 10.9. The zero-order valence-corrected chi connectivity index (χ0v) is 9.41. The molecule has 1 unspecified atom stereocenters. The van der Waals surface area contributed by atoms with Crippen molar-refractivity contribution >= 4 is 5.97 Å². The maximum absolute atomic E-state index is 10.8. The highest BCUT2D eigenvalue weighted by atomic mass is 16.4. The summed E-state index contributed by atoms with van der Waals surface area (Å²) in [6, 6.07) is 0. The van der Waals surface area contributed by atoms with E-state index in [-0.39, 0.29) is 12.2 Å². The standard InChI is InChI=1S/C11H20N2O2/c1-11(12-6-2-3-7-12)5-4-8-13(11)9-10(14)15/h2-9H2,1H3,(H,14,15). The lowest BCUT2D eigenvalue weighted by molar-refractivity contribution is -0.141. The van der Waals surface area contributed by atoms with Crippen molar-refractivity contribution in [3.8, 4) is 0 Å². The number of hydrogen-bond donors (Lipinski definition) is 1. The largest absolute Gasteiger partial charge is 0.480 e. The molecular formula is C11H20N2O2. The van der Waals surface area contributed by atoms with E-state index in [4.69, 9.17) is 5.11 Å². The van der Waals surface area contributed by atoms with Crippen molar-refractivity contribution in [2.24, 2.45) is 0 Å². The van der Waals surface area contributed by atoms with Gasteiger partial charge in [0, 0.05) is 6.54 Å². The van der Waals surface area contributed by atoms with Gasteiger partial charge in [-0.15, -0.1) is 0 Å². The fourth-order valence-corrected chi connectivity index (χ4v) is 2.97. The summed E-state index contributed by atoms with van der Waals surface area (Å²) in [7, 11) is 0. The molecule has 2 aliphatic rings. The first-order chi connectivity index (χ1) is 7.13. The molecule has 15 heavy (non-hydrogen) atoms. The van der Waals surface area contributed by atoms with Crippen LogP contribution >= 0.6 is 0 Å². The van der Waals surface area contributed by atoms with Crippen LogP contribution in [0.2, 0.25) is 0 Å². The van der Waals surface area contributed by atoms with E-state index >= 15 is 0 Å². The van der Waals surface area contributed by atoms with Gasteiger partial charge in [0.25, 0.3) is 0 Å². The quantitative estimate of drug-likeness (QED) is 0.757. The van der Waals surface area contributed by atoms with Crippen LogP contribution in [-0.2, 0) is 4.79 Å². The van der Waals surface area contributed by atoms with Gasteiger partial charge in [-0.05, 0) is 45.7 Å². The summed E-state index contributed by atoms with van der Waals surface area (Å²) in [5.41, 5.74) is 0.00882. The van der Waals surface area contributed by atoms with Gasteiger partial charge in [0.1, 0.15) is 0 Å². The molecule has 0 aromatic rings. The Balaban J connectivity index is 2.06. The molecule has 2 aliphatic heterocycles. The van der Waals surface area contributed by atoms with Crippen LogP contribution < -0.4 is 0 Å². The fraction of sp³-hybridized carbons (Fsp3) is 0.909. The second-order valence-electron chi connectivity index (χ2n) is 4.83.